The second-order valence-electron chi connectivity index (χ2n) is 5.28. The van der Waals surface area contributed by atoms with Crippen molar-refractivity contribution in [2.24, 2.45) is 5.92 Å². The van der Waals surface area contributed by atoms with E-state index in [2.05, 4.69) is 13.8 Å². The van der Waals surface area contributed by atoms with Crippen LogP contribution in [0.3, 0.4) is 0 Å². The highest BCUT2D eigenvalue weighted by Gasteiger charge is 2.24. The van der Waals surface area contributed by atoms with Gasteiger partial charge in [-0.15, -0.1) is 0 Å². The molecular formula is C13H24O3. The summed E-state index contributed by atoms with van der Waals surface area (Å²) < 4.78 is 17.2. The third-order valence-corrected chi connectivity index (χ3v) is 3.58. The first-order valence-corrected chi connectivity index (χ1v) is 6.59. The number of ether oxygens (including phenoxy) is 3. The van der Waals surface area contributed by atoms with Crippen LogP contribution in [0.4, 0.5) is 0 Å². The van der Waals surface area contributed by atoms with E-state index >= 15 is 0 Å². The highest BCUT2D eigenvalue weighted by Crippen LogP contribution is 2.22. The Morgan fingerprint density at radius 2 is 1.88 bits per heavy atom. The molecule has 2 aliphatic heterocycles. The first-order chi connectivity index (χ1) is 7.74. The fourth-order valence-electron chi connectivity index (χ4n) is 2.54. The predicted octanol–water partition coefficient (Wildman–Crippen LogP) is 2.39. The maximum absolute atomic E-state index is 5.94. The normalized spacial score (nSPS) is 40.9. The minimum atomic E-state index is 0.321. The molecule has 2 heterocycles. The molecular weight excluding hydrogens is 204 g/mol. The van der Waals surface area contributed by atoms with Crippen molar-refractivity contribution >= 4 is 0 Å². The van der Waals surface area contributed by atoms with Gasteiger partial charge in [0.1, 0.15) is 0 Å². The molecule has 0 aromatic heterocycles. The van der Waals surface area contributed by atoms with E-state index in [1.807, 2.05) is 0 Å². The zero-order chi connectivity index (χ0) is 11.4. The fraction of sp³-hybridized carbons (Fsp3) is 1.00. The Morgan fingerprint density at radius 3 is 2.62 bits per heavy atom. The zero-order valence-electron chi connectivity index (χ0n) is 10.5. The van der Waals surface area contributed by atoms with E-state index in [4.69, 9.17) is 14.2 Å². The molecule has 3 nitrogen and oxygen atoms in total. The van der Waals surface area contributed by atoms with Crippen LogP contribution in [-0.2, 0) is 14.2 Å². The Morgan fingerprint density at radius 1 is 1.06 bits per heavy atom. The lowest BCUT2D eigenvalue weighted by Gasteiger charge is -2.31. The molecule has 2 aliphatic rings. The molecule has 2 saturated heterocycles. The van der Waals surface area contributed by atoms with Crippen molar-refractivity contribution in [1.82, 2.24) is 0 Å². The van der Waals surface area contributed by atoms with E-state index in [1.165, 1.54) is 6.42 Å². The van der Waals surface area contributed by atoms with Gasteiger partial charge in [-0.05, 0) is 38.5 Å². The molecule has 0 radical (unpaired) electrons. The van der Waals surface area contributed by atoms with Crippen molar-refractivity contribution in [2.75, 3.05) is 19.8 Å². The first-order valence-electron chi connectivity index (χ1n) is 6.59. The largest absolute Gasteiger partial charge is 0.378 e. The van der Waals surface area contributed by atoms with Crippen molar-refractivity contribution in [1.29, 1.82) is 0 Å². The van der Waals surface area contributed by atoms with Gasteiger partial charge < -0.3 is 14.2 Å². The second kappa shape index (κ2) is 5.99. The molecule has 0 N–H and O–H groups in total. The van der Waals surface area contributed by atoms with E-state index in [9.17, 15) is 0 Å². The third-order valence-electron chi connectivity index (χ3n) is 3.58. The summed E-state index contributed by atoms with van der Waals surface area (Å²) in [6.07, 6.45) is 5.47. The highest BCUT2D eigenvalue weighted by molar-refractivity contribution is 4.72. The van der Waals surface area contributed by atoms with Crippen molar-refractivity contribution < 1.29 is 14.2 Å². The average molecular weight is 228 g/mol. The Kier molecular flexibility index (Phi) is 4.62. The third kappa shape index (κ3) is 3.72. The first kappa shape index (κ1) is 12.3. The van der Waals surface area contributed by atoms with Gasteiger partial charge in [0.05, 0.1) is 24.9 Å². The van der Waals surface area contributed by atoms with Gasteiger partial charge in [-0.1, -0.05) is 6.92 Å². The molecule has 3 heteroatoms. The van der Waals surface area contributed by atoms with Crippen molar-refractivity contribution in [3.05, 3.63) is 0 Å². The van der Waals surface area contributed by atoms with Crippen LogP contribution < -0.4 is 0 Å². The molecule has 2 fully saturated rings. The SMILES string of the molecule is CC1CCOC(COC2CCOC(C)C2)C1. The minimum Gasteiger partial charge on any atom is -0.378 e. The van der Waals surface area contributed by atoms with Crippen molar-refractivity contribution in [3.8, 4) is 0 Å². The predicted molar refractivity (Wildman–Crippen MR) is 62.5 cm³/mol. The van der Waals surface area contributed by atoms with Gasteiger partial charge in [-0.2, -0.15) is 0 Å². The smallest absolute Gasteiger partial charge is 0.0811 e. The summed E-state index contributed by atoms with van der Waals surface area (Å²) >= 11 is 0. The summed E-state index contributed by atoms with van der Waals surface area (Å²) in [5, 5.41) is 0. The van der Waals surface area contributed by atoms with Gasteiger partial charge in [0.2, 0.25) is 0 Å². The maximum atomic E-state index is 5.94. The topological polar surface area (TPSA) is 27.7 Å². The van der Waals surface area contributed by atoms with Crippen LogP contribution >= 0.6 is 0 Å². The van der Waals surface area contributed by atoms with Gasteiger partial charge in [-0.3, -0.25) is 0 Å². The lowest BCUT2D eigenvalue weighted by molar-refractivity contribution is -0.108. The Hall–Kier alpha value is -0.120. The molecule has 16 heavy (non-hydrogen) atoms. The van der Waals surface area contributed by atoms with E-state index in [0.717, 1.165) is 45.0 Å². The van der Waals surface area contributed by atoms with Crippen LogP contribution in [0.25, 0.3) is 0 Å². The Labute approximate surface area is 98.4 Å². The quantitative estimate of drug-likeness (QED) is 0.742. The van der Waals surface area contributed by atoms with Gasteiger partial charge in [0.15, 0.2) is 0 Å². The molecule has 0 spiro atoms. The molecule has 0 bridgehead atoms. The lowest BCUT2D eigenvalue weighted by Crippen LogP contribution is -2.34. The number of rotatable bonds is 3. The number of hydrogen-bond donors (Lipinski definition) is 0. The molecule has 4 unspecified atom stereocenters. The zero-order valence-corrected chi connectivity index (χ0v) is 10.5. The maximum Gasteiger partial charge on any atom is 0.0811 e. The van der Waals surface area contributed by atoms with E-state index in [1.54, 1.807) is 0 Å². The lowest BCUT2D eigenvalue weighted by atomic mass is 9.98. The molecule has 0 aliphatic carbocycles. The van der Waals surface area contributed by atoms with Crippen LogP contribution in [0.15, 0.2) is 0 Å². The molecule has 0 amide bonds. The van der Waals surface area contributed by atoms with Crippen LogP contribution in [0, 0.1) is 5.92 Å². The molecule has 0 aromatic rings. The molecule has 4 atom stereocenters. The molecule has 0 aromatic carbocycles. The second-order valence-corrected chi connectivity index (χ2v) is 5.28. The standard InChI is InChI=1S/C13H24O3/c1-10-3-5-15-13(7-10)9-16-12-4-6-14-11(2)8-12/h10-13H,3-9H2,1-2H3. The number of hydrogen-bond acceptors (Lipinski definition) is 3. The molecule has 0 saturated carbocycles. The van der Waals surface area contributed by atoms with E-state index in [-0.39, 0.29) is 0 Å². The highest BCUT2D eigenvalue weighted by atomic mass is 16.5. The van der Waals surface area contributed by atoms with Gasteiger partial charge in [0, 0.05) is 13.2 Å². The summed E-state index contributed by atoms with van der Waals surface area (Å²) in [7, 11) is 0. The Balaban J connectivity index is 1.66. The van der Waals surface area contributed by atoms with Crippen LogP contribution in [0.2, 0.25) is 0 Å². The summed E-state index contributed by atoms with van der Waals surface area (Å²) in [6, 6.07) is 0. The molecule has 2 rings (SSSR count). The summed E-state index contributed by atoms with van der Waals surface area (Å²) in [6.45, 7) is 6.93. The van der Waals surface area contributed by atoms with Gasteiger partial charge >= 0.3 is 0 Å². The van der Waals surface area contributed by atoms with Crippen LogP contribution in [-0.4, -0.2) is 38.1 Å². The average Bonchev–Trinajstić information content (AvgIpc) is 2.27. The van der Waals surface area contributed by atoms with Gasteiger partial charge in [0.25, 0.3) is 0 Å². The van der Waals surface area contributed by atoms with E-state index in [0.29, 0.717) is 18.3 Å². The van der Waals surface area contributed by atoms with Crippen LogP contribution in [0.5, 0.6) is 0 Å². The summed E-state index contributed by atoms with van der Waals surface area (Å²) in [4.78, 5) is 0. The fourth-order valence-corrected chi connectivity index (χ4v) is 2.54. The van der Waals surface area contributed by atoms with Crippen molar-refractivity contribution in [3.63, 3.8) is 0 Å². The van der Waals surface area contributed by atoms with E-state index < -0.39 is 0 Å². The van der Waals surface area contributed by atoms with Crippen molar-refractivity contribution in [2.45, 2.75) is 57.8 Å². The van der Waals surface area contributed by atoms with Crippen LogP contribution in [0.1, 0.15) is 39.5 Å². The van der Waals surface area contributed by atoms with Gasteiger partial charge in [-0.25, -0.2) is 0 Å². The Bertz CT molecular complexity index is 185. The summed E-state index contributed by atoms with van der Waals surface area (Å²) in [5.41, 5.74) is 0. The minimum absolute atomic E-state index is 0.321. The molecule has 94 valence electrons. The summed E-state index contributed by atoms with van der Waals surface area (Å²) in [5.74, 6) is 0.788. The monoisotopic (exact) mass is 228 g/mol.